The zero-order chi connectivity index (χ0) is 10.2. The van der Waals surface area contributed by atoms with Gasteiger partial charge in [-0.3, -0.25) is 0 Å². The van der Waals surface area contributed by atoms with Crippen LogP contribution in [0.15, 0.2) is 36.9 Å². The molecule has 1 rings (SSSR count). The molecular weight excluding hydrogens is 210 g/mol. The van der Waals surface area contributed by atoms with Gasteiger partial charge in [-0.15, -0.1) is 6.58 Å². The van der Waals surface area contributed by atoms with E-state index < -0.39 is 0 Å². The summed E-state index contributed by atoms with van der Waals surface area (Å²) in [7, 11) is 1.92. The number of benzene rings is 1. The molecule has 84 valence electrons. The molecule has 0 spiro atoms. The molecule has 0 radical (unpaired) electrons. The Bertz CT molecular complexity index is 289. The summed E-state index contributed by atoms with van der Waals surface area (Å²) >= 11 is 0. The number of ether oxygens (including phenoxy) is 1. The number of nitrogens with one attached hydrogen (secondary N) is 1. The van der Waals surface area contributed by atoms with Gasteiger partial charge in [0.05, 0.1) is 0 Å². The molecule has 0 aliphatic carbocycles. The topological polar surface area (TPSA) is 21.3 Å². The number of allylic oxidation sites excluding steroid dienone is 1. The Morgan fingerprint density at radius 3 is 2.80 bits per heavy atom. The fourth-order valence-electron chi connectivity index (χ4n) is 1.23. The third-order valence-electron chi connectivity index (χ3n) is 1.95. The molecule has 1 aromatic rings. The van der Waals surface area contributed by atoms with Crippen molar-refractivity contribution in [2.75, 3.05) is 20.2 Å². The van der Waals surface area contributed by atoms with Crippen molar-refractivity contribution >= 4 is 0 Å². The first kappa shape index (κ1) is 14.0. The van der Waals surface area contributed by atoms with Gasteiger partial charge in [0.1, 0.15) is 12.4 Å². The van der Waals surface area contributed by atoms with Gasteiger partial charge in [0, 0.05) is 6.54 Å². The average molecular weight is 227 g/mol. The van der Waals surface area contributed by atoms with Crippen molar-refractivity contribution in [1.29, 1.82) is 0 Å². The van der Waals surface area contributed by atoms with Crippen molar-refractivity contribution in [2.45, 2.75) is 6.42 Å². The van der Waals surface area contributed by atoms with Crippen molar-refractivity contribution in [2.24, 2.45) is 0 Å². The van der Waals surface area contributed by atoms with E-state index in [4.69, 9.17) is 4.74 Å². The minimum atomic E-state index is 0. The summed E-state index contributed by atoms with van der Waals surface area (Å²) in [4.78, 5) is 0. The lowest BCUT2D eigenvalue weighted by molar-refractivity contribution is -0.00000336. The highest BCUT2D eigenvalue weighted by molar-refractivity contribution is 5.34. The summed E-state index contributed by atoms with van der Waals surface area (Å²) < 4.78 is 5.62. The maximum absolute atomic E-state index is 5.62. The van der Waals surface area contributed by atoms with E-state index in [1.54, 1.807) is 0 Å². The highest BCUT2D eigenvalue weighted by Crippen LogP contribution is 2.18. The molecule has 0 heterocycles. The van der Waals surface area contributed by atoms with Crippen LogP contribution in [0.2, 0.25) is 0 Å². The second-order valence-corrected chi connectivity index (χ2v) is 3.05. The SMILES string of the molecule is C=CCc1ccccc1OCCNC.[Cl-]. The number of halogens is 1. The van der Waals surface area contributed by atoms with Crippen molar-refractivity contribution in [3.05, 3.63) is 42.5 Å². The minimum absolute atomic E-state index is 0. The summed E-state index contributed by atoms with van der Waals surface area (Å²) in [5.74, 6) is 0.961. The number of hydrogen-bond acceptors (Lipinski definition) is 2. The van der Waals surface area contributed by atoms with Crippen LogP contribution in [-0.2, 0) is 6.42 Å². The van der Waals surface area contributed by atoms with Gasteiger partial charge in [-0.25, -0.2) is 0 Å². The van der Waals surface area contributed by atoms with E-state index >= 15 is 0 Å². The van der Waals surface area contributed by atoms with Gasteiger partial charge >= 0.3 is 0 Å². The molecule has 1 N–H and O–H groups in total. The highest BCUT2D eigenvalue weighted by atomic mass is 35.5. The Morgan fingerprint density at radius 2 is 2.13 bits per heavy atom. The molecule has 0 bridgehead atoms. The van der Waals surface area contributed by atoms with E-state index in [9.17, 15) is 0 Å². The van der Waals surface area contributed by atoms with Gasteiger partial charge in [-0.2, -0.15) is 0 Å². The summed E-state index contributed by atoms with van der Waals surface area (Å²) in [5, 5.41) is 3.04. The maximum atomic E-state index is 5.62. The van der Waals surface area contributed by atoms with Crippen LogP contribution < -0.4 is 22.5 Å². The van der Waals surface area contributed by atoms with Crippen molar-refractivity contribution < 1.29 is 17.1 Å². The Hall–Kier alpha value is -0.990. The average Bonchev–Trinajstić information content (AvgIpc) is 2.21. The zero-order valence-corrected chi connectivity index (χ0v) is 9.76. The maximum Gasteiger partial charge on any atom is 0.122 e. The van der Waals surface area contributed by atoms with Crippen molar-refractivity contribution in [1.82, 2.24) is 5.32 Å². The second kappa shape index (κ2) is 8.33. The normalized spacial score (nSPS) is 9.13. The molecule has 0 saturated heterocycles. The monoisotopic (exact) mass is 226 g/mol. The lowest BCUT2D eigenvalue weighted by atomic mass is 10.1. The summed E-state index contributed by atoms with van der Waals surface area (Å²) in [6, 6.07) is 8.07. The largest absolute Gasteiger partial charge is 1.00 e. The number of hydrogen-bond donors (Lipinski definition) is 1. The minimum Gasteiger partial charge on any atom is -1.00 e. The standard InChI is InChI=1S/C12H17NO.ClH/c1-3-6-11-7-4-5-8-12(11)14-10-9-13-2;/h3-5,7-8,13H,1,6,9-10H2,2H3;1H/p-1. The van der Waals surface area contributed by atoms with Gasteiger partial charge in [0.2, 0.25) is 0 Å². The van der Waals surface area contributed by atoms with Crippen LogP contribution in [0.3, 0.4) is 0 Å². The summed E-state index contributed by atoms with van der Waals surface area (Å²) in [6.45, 7) is 5.29. The first-order chi connectivity index (χ1) is 6.88. The predicted octanol–water partition coefficient (Wildman–Crippen LogP) is -0.983. The Balaban J connectivity index is 0.00000196. The summed E-state index contributed by atoms with van der Waals surface area (Å²) in [6.07, 6.45) is 2.75. The van der Waals surface area contributed by atoms with E-state index in [0.29, 0.717) is 6.61 Å². The van der Waals surface area contributed by atoms with Crippen LogP contribution in [0.5, 0.6) is 5.75 Å². The molecule has 0 saturated carbocycles. The molecule has 0 amide bonds. The molecule has 2 nitrogen and oxygen atoms in total. The molecular formula is C12H17ClNO-. The number of rotatable bonds is 6. The first-order valence-electron chi connectivity index (χ1n) is 4.84. The van der Waals surface area contributed by atoms with Crippen LogP contribution in [-0.4, -0.2) is 20.2 Å². The third kappa shape index (κ3) is 4.86. The predicted molar refractivity (Wildman–Crippen MR) is 59.8 cm³/mol. The third-order valence-corrected chi connectivity index (χ3v) is 1.95. The van der Waals surface area contributed by atoms with Crippen LogP contribution in [0.4, 0.5) is 0 Å². The molecule has 0 aliphatic rings. The first-order valence-corrected chi connectivity index (χ1v) is 4.84. The molecule has 0 aromatic heterocycles. The van der Waals surface area contributed by atoms with Gasteiger partial charge in [0.25, 0.3) is 0 Å². The fourth-order valence-corrected chi connectivity index (χ4v) is 1.23. The quantitative estimate of drug-likeness (QED) is 0.497. The van der Waals surface area contributed by atoms with E-state index in [1.165, 1.54) is 5.56 Å². The Kier molecular flexibility index (Phi) is 7.78. The number of para-hydroxylation sites is 1. The van der Waals surface area contributed by atoms with E-state index in [1.807, 2.05) is 31.3 Å². The van der Waals surface area contributed by atoms with Crippen molar-refractivity contribution in [3.8, 4) is 5.75 Å². The van der Waals surface area contributed by atoms with Crippen LogP contribution in [0.1, 0.15) is 5.56 Å². The van der Waals surface area contributed by atoms with Gasteiger partial charge in [-0.1, -0.05) is 24.3 Å². The summed E-state index contributed by atoms with van der Waals surface area (Å²) in [5.41, 5.74) is 1.19. The molecule has 0 unspecified atom stereocenters. The zero-order valence-electron chi connectivity index (χ0n) is 9.00. The highest BCUT2D eigenvalue weighted by Gasteiger charge is 1.99. The van der Waals surface area contributed by atoms with Crippen LogP contribution >= 0.6 is 0 Å². The lowest BCUT2D eigenvalue weighted by Gasteiger charge is -2.09. The van der Waals surface area contributed by atoms with Crippen LogP contribution in [0, 0.1) is 0 Å². The van der Waals surface area contributed by atoms with Gasteiger partial charge < -0.3 is 22.5 Å². The number of likely N-dealkylation sites (N-methyl/N-ethyl adjacent to an activating group) is 1. The van der Waals surface area contributed by atoms with Gasteiger partial charge in [-0.05, 0) is 25.1 Å². The molecule has 3 heteroatoms. The van der Waals surface area contributed by atoms with E-state index in [-0.39, 0.29) is 12.4 Å². The van der Waals surface area contributed by atoms with Crippen LogP contribution in [0.25, 0.3) is 0 Å². The van der Waals surface area contributed by atoms with Crippen molar-refractivity contribution in [3.63, 3.8) is 0 Å². The molecule has 0 fully saturated rings. The lowest BCUT2D eigenvalue weighted by Crippen LogP contribution is -3.00. The van der Waals surface area contributed by atoms with E-state index in [2.05, 4.69) is 18.0 Å². The molecule has 15 heavy (non-hydrogen) atoms. The van der Waals surface area contributed by atoms with Gasteiger partial charge in [0.15, 0.2) is 0 Å². The molecule has 0 atom stereocenters. The smallest absolute Gasteiger partial charge is 0.122 e. The van der Waals surface area contributed by atoms with E-state index in [0.717, 1.165) is 18.7 Å². The fraction of sp³-hybridized carbons (Fsp3) is 0.333. The molecule has 0 aliphatic heterocycles. The second-order valence-electron chi connectivity index (χ2n) is 3.05. The Labute approximate surface area is 97.7 Å². The Morgan fingerprint density at radius 1 is 1.40 bits per heavy atom. The molecule has 1 aromatic carbocycles.